The molecule has 6 atom stereocenters. The molecule has 0 aromatic heterocycles. The predicted octanol–water partition coefficient (Wildman–Crippen LogP) is 5.32. The van der Waals surface area contributed by atoms with Crippen LogP contribution in [0, 0.1) is 35.5 Å². The third-order valence-corrected chi connectivity index (χ3v) is 9.80. The first-order valence-electron chi connectivity index (χ1n) is 14.3. The van der Waals surface area contributed by atoms with Crippen molar-refractivity contribution in [1.82, 2.24) is 0 Å². The molecule has 0 aliphatic heterocycles. The van der Waals surface area contributed by atoms with Crippen LogP contribution in [-0.2, 0) is 0 Å². The lowest BCUT2D eigenvalue weighted by atomic mass is 9.71. The Morgan fingerprint density at radius 3 is 1.09 bits per heavy atom. The van der Waals surface area contributed by atoms with Crippen molar-refractivity contribution in [1.29, 1.82) is 0 Å². The maximum Gasteiger partial charge on any atom is 0.00647 e. The fraction of sp³-hybridized carbons (Fsp3) is 1.00. The van der Waals surface area contributed by atoms with Crippen molar-refractivity contribution < 1.29 is 0 Å². The van der Waals surface area contributed by atoms with Gasteiger partial charge in [0.2, 0.25) is 0 Å². The molecule has 0 heterocycles. The molecule has 0 aromatic carbocycles. The lowest BCUT2D eigenvalue weighted by Crippen LogP contribution is -2.37. The van der Waals surface area contributed by atoms with Gasteiger partial charge in [-0.05, 0) is 138 Å². The van der Waals surface area contributed by atoms with Crippen LogP contribution >= 0.6 is 0 Å². The summed E-state index contributed by atoms with van der Waals surface area (Å²) < 4.78 is 0. The molecule has 0 saturated heterocycles. The summed E-state index contributed by atoms with van der Waals surface area (Å²) >= 11 is 0. The Bertz CT molecular complexity index is 466. The van der Waals surface area contributed by atoms with Gasteiger partial charge in [0.15, 0.2) is 0 Å². The summed E-state index contributed by atoms with van der Waals surface area (Å²) in [5.74, 6) is 5.30. The molecule has 0 spiro atoms. The number of nitrogens with two attached hydrogens (primary N) is 4. The fourth-order valence-corrected chi connectivity index (χ4v) is 7.28. The van der Waals surface area contributed by atoms with Crippen molar-refractivity contribution in [2.45, 2.75) is 141 Å². The van der Waals surface area contributed by atoms with Crippen LogP contribution in [0.25, 0.3) is 0 Å². The highest BCUT2D eigenvalue weighted by atomic mass is 14.7. The third kappa shape index (κ3) is 8.56. The maximum absolute atomic E-state index is 6.10. The zero-order chi connectivity index (χ0) is 23.1. The average Bonchev–Trinajstić information content (AvgIpc) is 2.77. The van der Waals surface area contributed by atoms with Crippen molar-refractivity contribution in [2.24, 2.45) is 58.4 Å². The predicted molar refractivity (Wildman–Crippen MR) is 138 cm³/mol. The molecule has 6 unspecified atom stereocenters. The maximum atomic E-state index is 6.10. The lowest BCUT2D eigenvalue weighted by molar-refractivity contribution is 0.169. The molecule has 188 valence electrons. The second-order valence-corrected chi connectivity index (χ2v) is 12.7. The van der Waals surface area contributed by atoms with Gasteiger partial charge in [0.05, 0.1) is 0 Å². The smallest absolute Gasteiger partial charge is 0.00647 e. The van der Waals surface area contributed by atoms with Crippen LogP contribution in [0.2, 0.25) is 0 Å². The van der Waals surface area contributed by atoms with E-state index in [-0.39, 0.29) is 0 Å². The standard InChI is InChI=1S/C15H30N2.C13H26N2/c1-10-7-12(3-5-14(10)16)9-13-4-6-15(17)11(2)8-13;14-12-5-1-10(2-6-12)9-11-3-7-13(15)8-4-11/h10-15H,3-9,16-17H2,1-2H3;10-13H,1-9,14-15H2. The van der Waals surface area contributed by atoms with E-state index in [1.54, 1.807) is 0 Å². The summed E-state index contributed by atoms with van der Waals surface area (Å²) in [5, 5.41) is 0. The Labute approximate surface area is 199 Å². The highest BCUT2D eigenvalue weighted by molar-refractivity contribution is 4.85. The summed E-state index contributed by atoms with van der Waals surface area (Å²) in [4.78, 5) is 0. The van der Waals surface area contributed by atoms with Gasteiger partial charge in [0, 0.05) is 24.2 Å². The van der Waals surface area contributed by atoms with Gasteiger partial charge in [-0.25, -0.2) is 0 Å². The zero-order valence-corrected chi connectivity index (χ0v) is 21.4. The molecule has 8 N–H and O–H groups in total. The molecule has 0 amide bonds. The van der Waals surface area contributed by atoms with Crippen molar-refractivity contribution >= 4 is 0 Å². The summed E-state index contributed by atoms with van der Waals surface area (Å²) in [6.07, 6.45) is 21.4. The molecule has 4 nitrogen and oxygen atoms in total. The number of hydrogen-bond donors (Lipinski definition) is 4. The van der Waals surface area contributed by atoms with E-state index in [2.05, 4.69) is 13.8 Å². The van der Waals surface area contributed by atoms with Crippen molar-refractivity contribution in [3.05, 3.63) is 0 Å². The van der Waals surface area contributed by atoms with E-state index in [0.717, 1.165) is 35.5 Å². The summed E-state index contributed by atoms with van der Waals surface area (Å²) in [6.45, 7) is 4.66. The second-order valence-electron chi connectivity index (χ2n) is 12.7. The normalized spacial score (nSPS) is 45.6. The van der Waals surface area contributed by atoms with Gasteiger partial charge in [-0.2, -0.15) is 0 Å². The molecule has 0 aromatic rings. The van der Waals surface area contributed by atoms with Crippen LogP contribution in [0.4, 0.5) is 0 Å². The van der Waals surface area contributed by atoms with Crippen molar-refractivity contribution in [3.8, 4) is 0 Å². The Morgan fingerprint density at radius 2 is 0.750 bits per heavy atom. The summed E-state index contributed by atoms with van der Waals surface area (Å²) in [5.41, 5.74) is 24.1. The van der Waals surface area contributed by atoms with Gasteiger partial charge in [-0.1, -0.05) is 13.8 Å². The molecule has 4 aliphatic carbocycles. The first kappa shape index (κ1) is 26.4. The number of hydrogen-bond acceptors (Lipinski definition) is 4. The van der Waals surface area contributed by atoms with E-state index >= 15 is 0 Å². The Kier molecular flexibility index (Phi) is 10.8. The molecule has 0 radical (unpaired) electrons. The quantitative estimate of drug-likeness (QED) is 0.467. The highest BCUT2D eigenvalue weighted by Crippen LogP contribution is 2.38. The molecular weight excluding hydrogens is 392 g/mol. The van der Waals surface area contributed by atoms with Gasteiger partial charge in [-0.15, -0.1) is 0 Å². The van der Waals surface area contributed by atoms with Crippen LogP contribution < -0.4 is 22.9 Å². The Morgan fingerprint density at radius 1 is 0.438 bits per heavy atom. The Balaban J connectivity index is 0.000000182. The second kappa shape index (κ2) is 13.1. The third-order valence-electron chi connectivity index (χ3n) is 9.80. The van der Waals surface area contributed by atoms with Gasteiger partial charge in [-0.3, -0.25) is 0 Å². The SMILES string of the molecule is CC1CC(CC2CCC(N)C(C)C2)CCC1N.NC1CCC(CC2CCC(N)CC2)CC1. The molecule has 4 fully saturated rings. The molecule has 4 saturated carbocycles. The van der Waals surface area contributed by atoms with E-state index in [9.17, 15) is 0 Å². The van der Waals surface area contributed by atoms with Gasteiger partial charge >= 0.3 is 0 Å². The topological polar surface area (TPSA) is 104 Å². The van der Waals surface area contributed by atoms with Crippen molar-refractivity contribution in [2.75, 3.05) is 0 Å². The first-order valence-corrected chi connectivity index (χ1v) is 14.3. The lowest BCUT2D eigenvalue weighted by Gasteiger charge is -2.37. The van der Waals surface area contributed by atoms with Crippen LogP contribution in [0.15, 0.2) is 0 Å². The van der Waals surface area contributed by atoms with Crippen LogP contribution in [0.3, 0.4) is 0 Å². The molecule has 4 rings (SSSR count). The van der Waals surface area contributed by atoms with E-state index in [4.69, 9.17) is 22.9 Å². The molecule has 32 heavy (non-hydrogen) atoms. The zero-order valence-electron chi connectivity index (χ0n) is 21.4. The first-order chi connectivity index (χ1) is 15.3. The minimum atomic E-state index is 0.463. The van der Waals surface area contributed by atoms with Crippen LogP contribution in [0.1, 0.15) is 117 Å². The highest BCUT2D eigenvalue weighted by Gasteiger charge is 2.30. The molecule has 0 bridgehead atoms. The number of rotatable bonds is 4. The van der Waals surface area contributed by atoms with Gasteiger partial charge in [0.25, 0.3) is 0 Å². The Hall–Kier alpha value is -0.160. The van der Waals surface area contributed by atoms with Crippen molar-refractivity contribution in [3.63, 3.8) is 0 Å². The van der Waals surface area contributed by atoms with E-state index < -0.39 is 0 Å². The molecule has 4 heteroatoms. The van der Waals surface area contributed by atoms with Crippen LogP contribution in [0.5, 0.6) is 0 Å². The fourth-order valence-electron chi connectivity index (χ4n) is 7.28. The summed E-state index contributed by atoms with van der Waals surface area (Å²) in [7, 11) is 0. The van der Waals surface area contributed by atoms with E-state index in [1.807, 2.05) is 0 Å². The van der Waals surface area contributed by atoms with E-state index in [1.165, 1.54) is 103 Å². The summed E-state index contributed by atoms with van der Waals surface area (Å²) in [6, 6.07) is 1.93. The molecular formula is C28H56N4. The van der Waals surface area contributed by atoms with Gasteiger partial charge < -0.3 is 22.9 Å². The average molecular weight is 449 g/mol. The largest absolute Gasteiger partial charge is 0.328 e. The minimum Gasteiger partial charge on any atom is -0.328 e. The minimum absolute atomic E-state index is 0.463. The monoisotopic (exact) mass is 448 g/mol. The van der Waals surface area contributed by atoms with Gasteiger partial charge in [0.1, 0.15) is 0 Å². The van der Waals surface area contributed by atoms with E-state index in [0.29, 0.717) is 24.2 Å². The molecule has 4 aliphatic rings. The van der Waals surface area contributed by atoms with Crippen LogP contribution in [-0.4, -0.2) is 24.2 Å².